The largest absolute Gasteiger partial charge is 0.393 e. The number of hydrogen-bond donors (Lipinski definition) is 2. The minimum Gasteiger partial charge on any atom is -0.393 e. The molecule has 0 aliphatic heterocycles. The molecule has 36 heavy (non-hydrogen) atoms. The molecule has 3 aliphatic rings. The fourth-order valence-corrected chi connectivity index (χ4v) is 7.01. The van der Waals surface area contributed by atoms with E-state index in [1.807, 2.05) is 24.4 Å². The van der Waals surface area contributed by atoms with Crippen molar-refractivity contribution in [3.8, 4) is 11.3 Å². The number of benzene rings is 2. The zero-order valence-electron chi connectivity index (χ0n) is 21.6. The first-order valence-electron chi connectivity index (χ1n) is 13.7. The topological polar surface area (TPSA) is 53.4 Å². The van der Waals surface area contributed by atoms with E-state index in [1.165, 1.54) is 54.9 Å². The maximum absolute atomic E-state index is 10.5. The SMILES string of the molecule is CC(C)c1ccc2c(-c3[c-]cccc3)nccc2c1.OC1CCCC2CC(C3CCCC3)C(O)C12.[Ir]. The Morgan fingerprint density at radius 2 is 1.69 bits per heavy atom. The second-order valence-corrected chi connectivity index (χ2v) is 11.3. The second kappa shape index (κ2) is 12.3. The van der Waals surface area contributed by atoms with Crippen LogP contribution >= 0.6 is 0 Å². The van der Waals surface area contributed by atoms with E-state index >= 15 is 0 Å². The minimum atomic E-state index is -0.222. The summed E-state index contributed by atoms with van der Waals surface area (Å²) in [5.74, 6) is 2.63. The molecule has 1 heterocycles. The predicted octanol–water partition coefficient (Wildman–Crippen LogP) is 7.16. The van der Waals surface area contributed by atoms with Crippen LogP contribution in [0.15, 0.2) is 54.7 Å². The van der Waals surface area contributed by atoms with Gasteiger partial charge < -0.3 is 15.2 Å². The zero-order chi connectivity index (χ0) is 24.4. The monoisotopic (exact) mass is 663 g/mol. The fraction of sp³-hybridized carbons (Fsp3) is 0.531. The van der Waals surface area contributed by atoms with Crippen LogP contribution in [0.25, 0.3) is 22.0 Å². The van der Waals surface area contributed by atoms with Gasteiger partial charge >= 0.3 is 0 Å². The molecule has 3 nitrogen and oxygen atoms in total. The number of rotatable bonds is 3. The molecule has 1 aromatic heterocycles. The molecule has 0 spiro atoms. The molecule has 2 N–H and O–H groups in total. The first-order valence-corrected chi connectivity index (χ1v) is 13.7. The minimum absolute atomic E-state index is 0. The normalized spacial score (nSPS) is 27.9. The molecule has 0 saturated heterocycles. The molecule has 3 saturated carbocycles. The molecule has 1 radical (unpaired) electrons. The van der Waals surface area contributed by atoms with Gasteiger partial charge in [0.1, 0.15) is 0 Å². The van der Waals surface area contributed by atoms with Crippen LogP contribution in [-0.2, 0) is 20.1 Å². The molecule has 3 aliphatic carbocycles. The van der Waals surface area contributed by atoms with E-state index in [9.17, 15) is 10.2 Å². The van der Waals surface area contributed by atoms with Crippen molar-refractivity contribution in [3.05, 3.63) is 66.4 Å². The van der Waals surface area contributed by atoms with Crippen molar-refractivity contribution in [1.82, 2.24) is 4.98 Å². The average Bonchev–Trinajstić information content (AvgIpc) is 3.53. The van der Waals surface area contributed by atoms with Gasteiger partial charge in [0.25, 0.3) is 0 Å². The van der Waals surface area contributed by atoms with E-state index in [0.29, 0.717) is 17.8 Å². The summed E-state index contributed by atoms with van der Waals surface area (Å²) in [5.41, 5.74) is 3.42. The molecule has 0 amide bonds. The third-order valence-electron chi connectivity index (χ3n) is 8.90. The Labute approximate surface area is 230 Å². The van der Waals surface area contributed by atoms with E-state index < -0.39 is 0 Å². The number of aromatic nitrogens is 1. The van der Waals surface area contributed by atoms with E-state index in [0.717, 1.165) is 30.0 Å². The van der Waals surface area contributed by atoms with Crippen molar-refractivity contribution in [2.24, 2.45) is 23.7 Å². The summed E-state index contributed by atoms with van der Waals surface area (Å²) in [6.07, 6.45) is 11.3. The van der Waals surface area contributed by atoms with Crippen molar-refractivity contribution < 1.29 is 30.3 Å². The van der Waals surface area contributed by atoms with Crippen LogP contribution in [-0.4, -0.2) is 27.4 Å². The number of fused-ring (bicyclic) bond motifs is 2. The van der Waals surface area contributed by atoms with Crippen molar-refractivity contribution in [2.45, 2.75) is 83.3 Å². The Morgan fingerprint density at radius 1 is 0.917 bits per heavy atom. The molecule has 5 atom stereocenters. The third-order valence-corrected chi connectivity index (χ3v) is 8.90. The quantitative estimate of drug-likeness (QED) is 0.293. The van der Waals surface area contributed by atoms with Gasteiger partial charge in [-0.25, -0.2) is 0 Å². The van der Waals surface area contributed by atoms with E-state index in [4.69, 9.17) is 0 Å². The summed E-state index contributed by atoms with van der Waals surface area (Å²) in [6, 6.07) is 19.9. The Bertz CT molecular complexity index is 1110. The molecule has 195 valence electrons. The van der Waals surface area contributed by atoms with Crippen LogP contribution in [0.1, 0.15) is 76.7 Å². The third kappa shape index (κ3) is 5.78. The van der Waals surface area contributed by atoms with Gasteiger partial charge in [0.05, 0.1) is 12.2 Å². The molecular weight excluding hydrogens is 623 g/mol. The summed E-state index contributed by atoms with van der Waals surface area (Å²) >= 11 is 0. The van der Waals surface area contributed by atoms with Gasteiger partial charge in [0.15, 0.2) is 0 Å². The van der Waals surface area contributed by atoms with Crippen LogP contribution < -0.4 is 0 Å². The Morgan fingerprint density at radius 3 is 2.39 bits per heavy atom. The van der Waals surface area contributed by atoms with Crippen LogP contribution in [0.3, 0.4) is 0 Å². The number of pyridine rings is 1. The van der Waals surface area contributed by atoms with Gasteiger partial charge in [-0.15, -0.1) is 35.9 Å². The van der Waals surface area contributed by atoms with Crippen molar-refractivity contribution in [3.63, 3.8) is 0 Å². The first-order chi connectivity index (χ1) is 17.0. The van der Waals surface area contributed by atoms with Gasteiger partial charge in [0.2, 0.25) is 0 Å². The van der Waals surface area contributed by atoms with Crippen LogP contribution in [0.2, 0.25) is 0 Å². The summed E-state index contributed by atoms with van der Waals surface area (Å²) in [5, 5.41) is 22.9. The molecule has 3 fully saturated rings. The van der Waals surface area contributed by atoms with Crippen LogP contribution in [0, 0.1) is 29.7 Å². The number of hydrogen-bond acceptors (Lipinski definition) is 3. The van der Waals surface area contributed by atoms with Gasteiger partial charge in [-0.3, -0.25) is 0 Å². The fourth-order valence-electron chi connectivity index (χ4n) is 7.01. The predicted molar refractivity (Wildman–Crippen MR) is 143 cm³/mol. The van der Waals surface area contributed by atoms with Gasteiger partial charge in [-0.1, -0.05) is 64.2 Å². The zero-order valence-corrected chi connectivity index (χ0v) is 24.0. The molecular formula is C32H40IrNO2-. The second-order valence-electron chi connectivity index (χ2n) is 11.3. The van der Waals surface area contributed by atoms with E-state index in [1.54, 1.807) is 0 Å². The van der Waals surface area contributed by atoms with E-state index in [2.05, 4.69) is 55.2 Å². The van der Waals surface area contributed by atoms with Crippen LogP contribution in [0.5, 0.6) is 0 Å². The molecule has 3 aromatic rings. The Hall–Kier alpha value is -1.58. The van der Waals surface area contributed by atoms with Crippen molar-refractivity contribution in [2.75, 3.05) is 0 Å². The summed E-state index contributed by atoms with van der Waals surface area (Å²) in [7, 11) is 0. The molecule has 6 rings (SSSR count). The first kappa shape index (κ1) is 27.5. The molecule has 4 heteroatoms. The van der Waals surface area contributed by atoms with Gasteiger partial charge in [-0.2, -0.15) is 0 Å². The molecule has 0 bridgehead atoms. The van der Waals surface area contributed by atoms with Crippen LogP contribution in [0.4, 0.5) is 0 Å². The number of aliphatic hydroxyl groups excluding tert-OH is 2. The number of aliphatic hydroxyl groups is 2. The standard InChI is InChI=1S/C18H16N.C14H24O2.Ir/c1-13(2)15-8-9-17-16(12-15)10-11-19-18(17)14-6-4-3-5-7-14;15-12-7-3-6-10-8-11(14(16)13(10)12)9-4-1-2-5-9;/h3-6,8-13H,1-2H3;9-16H,1-8H2;/q-1;;. The van der Waals surface area contributed by atoms with Crippen molar-refractivity contribution >= 4 is 10.8 Å². The summed E-state index contributed by atoms with van der Waals surface area (Å²) in [6.45, 7) is 4.43. The van der Waals surface area contributed by atoms with E-state index in [-0.39, 0.29) is 38.2 Å². The average molecular weight is 663 g/mol. The Kier molecular flexibility index (Phi) is 9.39. The summed E-state index contributed by atoms with van der Waals surface area (Å²) in [4.78, 5) is 4.52. The van der Waals surface area contributed by atoms with Gasteiger partial charge in [0, 0.05) is 32.2 Å². The molecule has 5 unspecified atom stereocenters. The summed E-state index contributed by atoms with van der Waals surface area (Å²) < 4.78 is 0. The van der Waals surface area contributed by atoms with Gasteiger partial charge in [-0.05, 0) is 71.0 Å². The number of nitrogens with zero attached hydrogens (tertiary/aromatic N) is 1. The maximum Gasteiger partial charge on any atom is 0.0626 e. The maximum atomic E-state index is 10.5. The smallest absolute Gasteiger partial charge is 0.0626 e. The van der Waals surface area contributed by atoms with Crippen molar-refractivity contribution in [1.29, 1.82) is 0 Å². The Balaban J connectivity index is 0.000000167. The molecule has 2 aromatic carbocycles.